The topological polar surface area (TPSA) is 41.4 Å². The second-order valence-electron chi connectivity index (χ2n) is 3.96. The molecule has 0 N–H and O–H groups in total. The fourth-order valence-corrected chi connectivity index (χ4v) is 2.15. The molecule has 0 aromatic carbocycles. The molecule has 2 rings (SSSR count). The fourth-order valence-electron chi connectivity index (χ4n) is 1.95. The second-order valence-corrected chi connectivity index (χ2v) is 4.30. The van der Waals surface area contributed by atoms with Gasteiger partial charge in [-0.25, -0.2) is 4.98 Å². The summed E-state index contributed by atoms with van der Waals surface area (Å²) in [5.41, 5.74) is 1.58. The van der Waals surface area contributed by atoms with Crippen molar-refractivity contribution in [3.63, 3.8) is 0 Å². The van der Waals surface area contributed by atoms with Crippen molar-refractivity contribution in [3.05, 3.63) is 23.6 Å². The Hall–Kier alpha value is -1.42. The molecule has 1 fully saturated rings. The van der Waals surface area contributed by atoms with Gasteiger partial charge in [0.2, 0.25) is 5.28 Å². The largest absolute Gasteiger partial charge is 0.355 e. The van der Waals surface area contributed by atoms with E-state index in [1.54, 1.807) is 12.3 Å². The van der Waals surface area contributed by atoms with E-state index in [-0.39, 0.29) is 5.28 Å². The third-order valence-corrected chi connectivity index (χ3v) is 2.90. The minimum absolute atomic E-state index is 0.280. The maximum absolute atomic E-state index is 5.91. The summed E-state index contributed by atoms with van der Waals surface area (Å²) in [6, 6.07) is 0. The number of aliphatic imine (C=N–C) groups is 1. The number of allylic oxidation sites excluding steroid dienone is 1. The highest BCUT2D eigenvalue weighted by atomic mass is 35.5. The standard InChI is InChI=1S/C12H15ClN4/c1-3-6-14-10-9(2)15-12(13)16-11(10)17-7-4-5-8-17/h3,6H,1,4-5,7-8H2,2H3. The molecule has 4 nitrogen and oxygen atoms in total. The number of hydrogen-bond acceptors (Lipinski definition) is 4. The van der Waals surface area contributed by atoms with Gasteiger partial charge in [0, 0.05) is 19.3 Å². The monoisotopic (exact) mass is 250 g/mol. The predicted octanol–water partition coefficient (Wildman–Crippen LogP) is 2.93. The lowest BCUT2D eigenvalue weighted by Crippen LogP contribution is -2.19. The van der Waals surface area contributed by atoms with E-state index in [1.807, 2.05) is 6.92 Å². The van der Waals surface area contributed by atoms with Crippen LogP contribution in [-0.2, 0) is 0 Å². The van der Waals surface area contributed by atoms with Crippen LogP contribution in [-0.4, -0.2) is 29.3 Å². The van der Waals surface area contributed by atoms with Gasteiger partial charge in [0.15, 0.2) is 5.82 Å². The van der Waals surface area contributed by atoms with Gasteiger partial charge in [-0.2, -0.15) is 4.98 Å². The van der Waals surface area contributed by atoms with Crippen LogP contribution < -0.4 is 4.90 Å². The van der Waals surface area contributed by atoms with Crippen molar-refractivity contribution in [3.8, 4) is 0 Å². The molecule has 1 aliphatic rings. The van der Waals surface area contributed by atoms with Crippen molar-refractivity contribution in [1.82, 2.24) is 9.97 Å². The van der Waals surface area contributed by atoms with E-state index in [0.29, 0.717) is 0 Å². The molecule has 0 spiro atoms. The Morgan fingerprint density at radius 2 is 2.06 bits per heavy atom. The van der Waals surface area contributed by atoms with E-state index in [2.05, 4.69) is 26.4 Å². The first-order valence-electron chi connectivity index (χ1n) is 5.66. The van der Waals surface area contributed by atoms with Crippen molar-refractivity contribution in [2.24, 2.45) is 4.99 Å². The van der Waals surface area contributed by atoms with Crippen LogP contribution in [0.1, 0.15) is 18.5 Å². The molecule has 0 amide bonds. The lowest BCUT2D eigenvalue weighted by molar-refractivity contribution is 0.920. The minimum atomic E-state index is 0.280. The van der Waals surface area contributed by atoms with Crippen LogP contribution in [0.15, 0.2) is 17.6 Å². The van der Waals surface area contributed by atoms with E-state index < -0.39 is 0 Å². The zero-order valence-corrected chi connectivity index (χ0v) is 10.6. The van der Waals surface area contributed by atoms with Crippen LogP contribution in [0.5, 0.6) is 0 Å². The van der Waals surface area contributed by atoms with Crippen molar-refractivity contribution in [2.75, 3.05) is 18.0 Å². The Kier molecular flexibility index (Phi) is 3.74. The van der Waals surface area contributed by atoms with Gasteiger partial charge in [0.05, 0.1) is 5.69 Å². The van der Waals surface area contributed by atoms with E-state index in [9.17, 15) is 0 Å². The zero-order chi connectivity index (χ0) is 12.3. The van der Waals surface area contributed by atoms with Gasteiger partial charge >= 0.3 is 0 Å². The smallest absolute Gasteiger partial charge is 0.224 e. The maximum atomic E-state index is 5.91. The minimum Gasteiger partial charge on any atom is -0.355 e. The molecule has 17 heavy (non-hydrogen) atoms. The van der Waals surface area contributed by atoms with Gasteiger partial charge < -0.3 is 4.90 Å². The molecular weight excluding hydrogens is 236 g/mol. The number of hydrogen-bond donors (Lipinski definition) is 0. The molecular formula is C12H15ClN4. The molecule has 90 valence electrons. The molecule has 0 radical (unpaired) electrons. The summed E-state index contributed by atoms with van der Waals surface area (Å²) >= 11 is 5.91. The Bertz CT molecular complexity index is 450. The summed E-state index contributed by atoms with van der Waals surface area (Å²) in [5.74, 6) is 0.832. The number of halogens is 1. The van der Waals surface area contributed by atoms with Crippen LogP contribution in [0.3, 0.4) is 0 Å². The highest BCUT2D eigenvalue weighted by molar-refractivity contribution is 6.28. The number of rotatable bonds is 3. The SMILES string of the molecule is C=CC=Nc1c(C)nc(Cl)nc1N1CCCC1. The highest BCUT2D eigenvalue weighted by Gasteiger charge is 2.19. The summed E-state index contributed by atoms with van der Waals surface area (Å²) in [7, 11) is 0. The Labute approximate surface area is 106 Å². The van der Waals surface area contributed by atoms with E-state index in [0.717, 1.165) is 30.3 Å². The third kappa shape index (κ3) is 2.64. The molecule has 1 aromatic rings. The number of nitrogens with zero attached hydrogens (tertiary/aromatic N) is 4. The second kappa shape index (κ2) is 5.27. The zero-order valence-electron chi connectivity index (χ0n) is 9.86. The Morgan fingerprint density at radius 3 is 2.71 bits per heavy atom. The van der Waals surface area contributed by atoms with Crippen molar-refractivity contribution < 1.29 is 0 Å². The molecule has 2 heterocycles. The summed E-state index contributed by atoms with van der Waals surface area (Å²) in [4.78, 5) is 15.0. The van der Waals surface area contributed by atoms with Crippen molar-refractivity contribution >= 4 is 29.3 Å². The number of anilines is 1. The summed E-state index contributed by atoms with van der Waals surface area (Å²) in [5, 5.41) is 0.280. The molecule has 1 saturated heterocycles. The lowest BCUT2D eigenvalue weighted by atomic mass is 10.3. The highest BCUT2D eigenvalue weighted by Crippen LogP contribution is 2.32. The first-order valence-corrected chi connectivity index (χ1v) is 6.04. The maximum Gasteiger partial charge on any atom is 0.224 e. The summed E-state index contributed by atoms with van der Waals surface area (Å²) in [6.45, 7) is 7.52. The van der Waals surface area contributed by atoms with E-state index >= 15 is 0 Å². The molecule has 0 bridgehead atoms. The third-order valence-electron chi connectivity index (χ3n) is 2.73. The van der Waals surface area contributed by atoms with Crippen LogP contribution >= 0.6 is 11.6 Å². The normalized spacial score (nSPS) is 15.8. The first kappa shape index (κ1) is 12.0. The van der Waals surface area contributed by atoms with Gasteiger partial charge in [-0.1, -0.05) is 12.7 Å². The molecule has 1 aromatic heterocycles. The van der Waals surface area contributed by atoms with Crippen LogP contribution in [0, 0.1) is 6.92 Å². The van der Waals surface area contributed by atoms with Gasteiger partial charge in [-0.15, -0.1) is 0 Å². The van der Waals surface area contributed by atoms with Crippen LogP contribution in [0.2, 0.25) is 5.28 Å². The average Bonchev–Trinajstić information content (AvgIpc) is 2.80. The van der Waals surface area contributed by atoms with Gasteiger partial charge in [-0.3, -0.25) is 4.99 Å². The van der Waals surface area contributed by atoms with Gasteiger partial charge in [0.1, 0.15) is 5.69 Å². The molecule has 5 heteroatoms. The van der Waals surface area contributed by atoms with Crippen molar-refractivity contribution in [2.45, 2.75) is 19.8 Å². The number of aryl methyl sites for hydroxylation is 1. The number of aromatic nitrogens is 2. The Balaban J connectivity index is 2.45. The average molecular weight is 251 g/mol. The van der Waals surface area contributed by atoms with E-state index in [4.69, 9.17) is 11.6 Å². The predicted molar refractivity (Wildman–Crippen MR) is 71.6 cm³/mol. The quantitative estimate of drug-likeness (QED) is 0.612. The molecule has 0 atom stereocenters. The van der Waals surface area contributed by atoms with Gasteiger partial charge in [-0.05, 0) is 31.4 Å². The molecule has 0 unspecified atom stereocenters. The summed E-state index contributed by atoms with van der Waals surface area (Å²) in [6.07, 6.45) is 5.66. The van der Waals surface area contributed by atoms with Crippen LogP contribution in [0.4, 0.5) is 11.5 Å². The molecule has 1 aliphatic heterocycles. The fraction of sp³-hybridized carbons (Fsp3) is 0.417. The molecule has 0 saturated carbocycles. The Morgan fingerprint density at radius 1 is 1.35 bits per heavy atom. The summed E-state index contributed by atoms with van der Waals surface area (Å²) < 4.78 is 0. The van der Waals surface area contributed by atoms with E-state index in [1.165, 1.54) is 12.8 Å². The molecule has 0 aliphatic carbocycles. The van der Waals surface area contributed by atoms with Crippen LogP contribution in [0.25, 0.3) is 0 Å². The van der Waals surface area contributed by atoms with Crippen molar-refractivity contribution in [1.29, 1.82) is 0 Å². The first-order chi connectivity index (χ1) is 8.22. The lowest BCUT2D eigenvalue weighted by Gasteiger charge is -2.19. The van der Waals surface area contributed by atoms with Gasteiger partial charge in [0.25, 0.3) is 0 Å².